The van der Waals surface area contributed by atoms with E-state index in [-0.39, 0.29) is 12.5 Å². The fourth-order valence-corrected chi connectivity index (χ4v) is 5.11. The van der Waals surface area contributed by atoms with Crippen molar-refractivity contribution in [1.82, 2.24) is 28.8 Å². The molecule has 2 aliphatic rings. The van der Waals surface area contributed by atoms with Gasteiger partial charge in [-0.2, -0.15) is 4.98 Å². The fourth-order valence-electron chi connectivity index (χ4n) is 4.92. The normalized spacial score (nSPS) is 22.0. The van der Waals surface area contributed by atoms with E-state index in [0.29, 0.717) is 34.7 Å². The van der Waals surface area contributed by atoms with E-state index in [0.717, 1.165) is 28.4 Å². The van der Waals surface area contributed by atoms with E-state index in [1.54, 1.807) is 11.6 Å². The highest BCUT2D eigenvalue weighted by Crippen LogP contribution is 2.58. The second-order valence-corrected chi connectivity index (χ2v) is 8.97. The molecule has 1 saturated heterocycles. The number of hydrogen-bond donors (Lipinski definition) is 0. The van der Waals surface area contributed by atoms with Crippen molar-refractivity contribution >= 4 is 28.5 Å². The average molecular weight is 454 g/mol. The van der Waals surface area contributed by atoms with Crippen molar-refractivity contribution in [2.24, 2.45) is 25.9 Å². The molecule has 6 rings (SSSR count). The Morgan fingerprint density at radius 1 is 1.16 bits per heavy atom. The summed E-state index contributed by atoms with van der Waals surface area (Å²) in [6.45, 7) is 2.10. The number of rotatable bonds is 4. The van der Waals surface area contributed by atoms with Crippen LogP contribution in [0.4, 0.5) is 5.69 Å². The maximum atomic E-state index is 12.6. The van der Waals surface area contributed by atoms with Crippen LogP contribution in [0.3, 0.4) is 0 Å². The molecule has 2 fully saturated rings. The molecule has 4 heterocycles. The third-order valence-electron chi connectivity index (χ3n) is 6.67. The van der Waals surface area contributed by atoms with Crippen LogP contribution >= 0.6 is 11.6 Å². The molecule has 1 aromatic carbocycles. The molecular weight excluding hydrogens is 434 g/mol. The van der Waals surface area contributed by atoms with Gasteiger partial charge in [0.15, 0.2) is 17.0 Å². The Labute approximate surface area is 186 Å². The monoisotopic (exact) mass is 453 g/mol. The Kier molecular flexibility index (Phi) is 4.10. The van der Waals surface area contributed by atoms with Gasteiger partial charge in [-0.25, -0.2) is 9.78 Å². The number of halogens is 1. The number of imidazole rings is 1. The molecule has 1 aliphatic carbocycles. The second-order valence-electron chi connectivity index (χ2n) is 8.54. The SMILES string of the molecule is Cn1c(=O)c2c(ncn2Cc2nc(C3C4CN(c5cccc(Cl)c5)CC43)no2)n(C)c1=O. The summed E-state index contributed by atoms with van der Waals surface area (Å²) in [4.78, 5) is 35.9. The van der Waals surface area contributed by atoms with Crippen LogP contribution in [-0.2, 0) is 20.6 Å². The minimum Gasteiger partial charge on any atom is -0.371 e. The molecule has 32 heavy (non-hydrogen) atoms. The first-order valence-electron chi connectivity index (χ1n) is 10.4. The Balaban J connectivity index is 1.20. The Hall–Kier alpha value is -3.40. The number of benzene rings is 1. The van der Waals surface area contributed by atoms with Gasteiger partial charge in [0.2, 0.25) is 5.89 Å². The lowest BCUT2D eigenvalue weighted by Gasteiger charge is -2.21. The number of fused-ring (bicyclic) bond motifs is 2. The first-order valence-corrected chi connectivity index (χ1v) is 10.7. The van der Waals surface area contributed by atoms with Crippen LogP contribution in [0.25, 0.3) is 11.2 Å². The van der Waals surface area contributed by atoms with Gasteiger partial charge in [0.25, 0.3) is 5.56 Å². The lowest BCUT2D eigenvalue weighted by atomic mass is 10.2. The van der Waals surface area contributed by atoms with E-state index in [2.05, 4.69) is 26.1 Å². The molecule has 0 radical (unpaired) electrons. The molecule has 4 aromatic rings. The lowest BCUT2D eigenvalue weighted by molar-refractivity contribution is 0.366. The van der Waals surface area contributed by atoms with Crippen LogP contribution in [0.1, 0.15) is 17.6 Å². The number of aromatic nitrogens is 6. The number of piperidine rings is 1. The molecular formula is C21H20ClN7O3. The van der Waals surface area contributed by atoms with E-state index in [1.165, 1.54) is 17.9 Å². The molecule has 0 N–H and O–H groups in total. The summed E-state index contributed by atoms with van der Waals surface area (Å²) < 4.78 is 9.55. The van der Waals surface area contributed by atoms with E-state index in [4.69, 9.17) is 16.1 Å². The summed E-state index contributed by atoms with van der Waals surface area (Å²) in [6, 6.07) is 7.91. The molecule has 1 saturated carbocycles. The van der Waals surface area contributed by atoms with Crippen LogP contribution in [0.15, 0.2) is 44.7 Å². The second kappa shape index (κ2) is 6.80. The smallest absolute Gasteiger partial charge is 0.332 e. The van der Waals surface area contributed by atoms with Gasteiger partial charge in [-0.3, -0.25) is 13.9 Å². The summed E-state index contributed by atoms with van der Waals surface area (Å²) >= 11 is 6.12. The van der Waals surface area contributed by atoms with Crippen LogP contribution in [-0.4, -0.2) is 41.9 Å². The Morgan fingerprint density at radius 2 is 1.94 bits per heavy atom. The third kappa shape index (κ3) is 2.82. The van der Waals surface area contributed by atoms with Crippen molar-refractivity contribution in [2.75, 3.05) is 18.0 Å². The highest BCUT2D eigenvalue weighted by atomic mass is 35.5. The molecule has 3 aromatic heterocycles. The number of hydrogen-bond acceptors (Lipinski definition) is 7. The van der Waals surface area contributed by atoms with Crippen molar-refractivity contribution in [3.8, 4) is 0 Å². The molecule has 164 valence electrons. The summed E-state index contributed by atoms with van der Waals surface area (Å²) in [5, 5.41) is 4.95. The summed E-state index contributed by atoms with van der Waals surface area (Å²) in [6.07, 6.45) is 1.52. The molecule has 11 heteroatoms. The molecule has 2 atom stereocenters. The molecule has 0 bridgehead atoms. The van der Waals surface area contributed by atoms with E-state index in [9.17, 15) is 9.59 Å². The highest BCUT2D eigenvalue weighted by molar-refractivity contribution is 6.30. The maximum absolute atomic E-state index is 12.6. The molecule has 0 spiro atoms. The van der Waals surface area contributed by atoms with Crippen LogP contribution in [0, 0.1) is 11.8 Å². The van der Waals surface area contributed by atoms with Crippen molar-refractivity contribution in [3.05, 3.63) is 68.2 Å². The zero-order valence-corrected chi connectivity index (χ0v) is 18.2. The number of aryl methyl sites for hydroxylation is 1. The van der Waals surface area contributed by atoms with Crippen molar-refractivity contribution in [3.63, 3.8) is 0 Å². The third-order valence-corrected chi connectivity index (χ3v) is 6.91. The summed E-state index contributed by atoms with van der Waals surface area (Å²) in [5.41, 5.74) is 0.976. The van der Waals surface area contributed by atoms with Gasteiger partial charge in [-0.1, -0.05) is 22.8 Å². The van der Waals surface area contributed by atoms with Gasteiger partial charge in [-0.15, -0.1) is 0 Å². The van der Waals surface area contributed by atoms with Gasteiger partial charge in [0.05, 0.1) is 6.33 Å². The quantitative estimate of drug-likeness (QED) is 0.459. The standard InChI is InChI=1S/C21H20ClN7O3/c1-26-19-17(20(30)27(2)21(26)31)29(10-23-19)9-15-24-18(25-32-15)16-13-7-28(8-14(13)16)12-5-3-4-11(22)6-12/h3-6,10,13-14,16H,7-9H2,1-2H3. The maximum Gasteiger partial charge on any atom is 0.332 e. The van der Waals surface area contributed by atoms with Crippen LogP contribution < -0.4 is 16.1 Å². The fraction of sp³-hybridized carbons (Fsp3) is 0.381. The molecule has 10 nitrogen and oxygen atoms in total. The topological polar surface area (TPSA) is 104 Å². The minimum absolute atomic E-state index is 0.216. The zero-order valence-electron chi connectivity index (χ0n) is 17.5. The molecule has 0 amide bonds. The van der Waals surface area contributed by atoms with Crippen molar-refractivity contribution < 1.29 is 4.52 Å². The van der Waals surface area contributed by atoms with Gasteiger partial charge in [0, 0.05) is 43.8 Å². The van der Waals surface area contributed by atoms with E-state index >= 15 is 0 Å². The van der Waals surface area contributed by atoms with Crippen molar-refractivity contribution in [2.45, 2.75) is 12.5 Å². The van der Waals surface area contributed by atoms with Crippen molar-refractivity contribution in [1.29, 1.82) is 0 Å². The van der Waals surface area contributed by atoms with Gasteiger partial charge < -0.3 is 14.0 Å². The zero-order chi connectivity index (χ0) is 22.1. The first-order chi connectivity index (χ1) is 15.4. The van der Waals surface area contributed by atoms with E-state index in [1.807, 2.05) is 18.2 Å². The molecule has 1 aliphatic heterocycles. The van der Waals surface area contributed by atoms with Gasteiger partial charge in [0.1, 0.15) is 6.54 Å². The van der Waals surface area contributed by atoms with E-state index < -0.39 is 11.2 Å². The predicted octanol–water partition coefficient (Wildman–Crippen LogP) is 1.37. The summed E-state index contributed by atoms with van der Waals surface area (Å²) in [5.74, 6) is 2.40. The summed E-state index contributed by atoms with van der Waals surface area (Å²) in [7, 11) is 3.04. The number of nitrogens with zero attached hydrogens (tertiary/aromatic N) is 7. The number of anilines is 1. The Morgan fingerprint density at radius 3 is 2.69 bits per heavy atom. The Bertz CT molecular complexity index is 1470. The minimum atomic E-state index is -0.417. The molecule has 2 unspecified atom stereocenters. The average Bonchev–Trinajstić information content (AvgIpc) is 3.23. The highest BCUT2D eigenvalue weighted by Gasteiger charge is 2.58. The predicted molar refractivity (Wildman–Crippen MR) is 117 cm³/mol. The van der Waals surface area contributed by atoms with Gasteiger partial charge in [-0.05, 0) is 30.0 Å². The first kappa shape index (κ1) is 19.3. The van der Waals surface area contributed by atoms with Crippen LogP contribution in [0.5, 0.6) is 0 Å². The van der Waals surface area contributed by atoms with Gasteiger partial charge >= 0.3 is 5.69 Å². The van der Waals surface area contributed by atoms with Crippen LogP contribution in [0.2, 0.25) is 5.02 Å². The largest absolute Gasteiger partial charge is 0.371 e. The lowest BCUT2D eigenvalue weighted by Crippen LogP contribution is -2.37.